The van der Waals surface area contributed by atoms with Gasteiger partial charge in [-0.15, -0.1) is 0 Å². The van der Waals surface area contributed by atoms with E-state index in [2.05, 4.69) is 0 Å². The Morgan fingerprint density at radius 2 is 1.57 bits per heavy atom. The van der Waals surface area contributed by atoms with Gasteiger partial charge in [-0.2, -0.15) is 0 Å². The molecular formula is C17H35NO4Si. The van der Waals surface area contributed by atoms with Crippen LogP contribution in [0.25, 0.3) is 0 Å². The molecule has 23 heavy (non-hydrogen) atoms. The minimum absolute atomic E-state index is 0.0602. The van der Waals surface area contributed by atoms with Crippen molar-refractivity contribution in [3.05, 3.63) is 0 Å². The fraction of sp³-hybridized carbons (Fsp3) is 0.882. The number of hydrogen-bond donors (Lipinski definition) is 0. The molecule has 0 bridgehead atoms. The third-order valence-corrected chi connectivity index (χ3v) is 4.37. The fourth-order valence-electron chi connectivity index (χ4n) is 1.80. The quantitative estimate of drug-likeness (QED) is 0.664. The van der Waals surface area contributed by atoms with E-state index in [0.717, 1.165) is 0 Å². The first-order chi connectivity index (χ1) is 10.2. The van der Waals surface area contributed by atoms with Crippen LogP contribution in [-0.4, -0.2) is 50.4 Å². The highest BCUT2D eigenvalue weighted by Gasteiger charge is 2.35. The monoisotopic (exact) mass is 345 g/mol. The lowest BCUT2D eigenvalue weighted by Gasteiger charge is -2.33. The second-order valence-corrected chi connectivity index (χ2v) is 12.9. The third kappa shape index (κ3) is 8.51. The van der Waals surface area contributed by atoms with Crippen molar-refractivity contribution in [2.45, 2.75) is 72.8 Å². The van der Waals surface area contributed by atoms with Crippen LogP contribution in [0.3, 0.4) is 0 Å². The van der Waals surface area contributed by atoms with Gasteiger partial charge in [0, 0.05) is 13.0 Å². The molecule has 0 aliphatic carbocycles. The normalized spacial score (nSPS) is 15.3. The van der Waals surface area contributed by atoms with Crippen molar-refractivity contribution in [1.82, 2.24) is 4.90 Å². The van der Waals surface area contributed by atoms with Crippen molar-refractivity contribution in [3.63, 3.8) is 0 Å². The van der Waals surface area contributed by atoms with E-state index >= 15 is 0 Å². The van der Waals surface area contributed by atoms with Crippen molar-refractivity contribution in [2.24, 2.45) is 11.8 Å². The van der Waals surface area contributed by atoms with E-state index in [0.29, 0.717) is 0 Å². The van der Waals surface area contributed by atoms with Crippen LogP contribution in [0.4, 0.5) is 0 Å². The van der Waals surface area contributed by atoms with Crippen molar-refractivity contribution in [1.29, 1.82) is 0 Å². The second-order valence-electron chi connectivity index (χ2n) is 8.45. The maximum atomic E-state index is 12.6. The second kappa shape index (κ2) is 8.28. The summed E-state index contributed by atoms with van der Waals surface area (Å²) in [5.74, 6) is -0.380. The molecule has 0 aromatic heterocycles. The van der Waals surface area contributed by atoms with Gasteiger partial charge in [0.1, 0.15) is 0 Å². The van der Waals surface area contributed by atoms with Crippen LogP contribution in [-0.2, 0) is 18.8 Å². The van der Waals surface area contributed by atoms with Gasteiger partial charge in [-0.05, 0) is 46.3 Å². The summed E-state index contributed by atoms with van der Waals surface area (Å²) in [6.07, 6.45) is 0. The van der Waals surface area contributed by atoms with E-state index in [-0.39, 0.29) is 35.9 Å². The highest BCUT2D eigenvalue weighted by Crippen LogP contribution is 2.18. The first-order valence-electron chi connectivity index (χ1n) is 8.29. The molecule has 0 fully saturated rings. The smallest absolute Gasteiger partial charge is 0.317 e. The summed E-state index contributed by atoms with van der Waals surface area (Å²) < 4.78 is 11.4. The van der Waals surface area contributed by atoms with Gasteiger partial charge in [0.15, 0.2) is 6.04 Å². The topological polar surface area (TPSA) is 55.8 Å². The standard InChI is InChI=1S/C17H35NO4Si/c1-12(2)13(3)15(19)18(7)14(11-21-17(4,5)6)16(20)22-23(8,9)10/h12-14H,11H2,1-10H3/t13-,14-/m0/s1. The Labute approximate surface area is 142 Å². The lowest BCUT2D eigenvalue weighted by molar-refractivity contribution is -0.154. The lowest BCUT2D eigenvalue weighted by atomic mass is 9.96. The van der Waals surface area contributed by atoms with Gasteiger partial charge in [0.2, 0.25) is 14.2 Å². The zero-order valence-electron chi connectivity index (χ0n) is 16.5. The maximum Gasteiger partial charge on any atom is 0.317 e. The van der Waals surface area contributed by atoms with Crippen LogP contribution < -0.4 is 0 Å². The minimum Gasteiger partial charge on any atom is -0.518 e. The molecule has 0 unspecified atom stereocenters. The first kappa shape index (κ1) is 22.1. The number of carbonyl (C=O) groups is 2. The summed E-state index contributed by atoms with van der Waals surface area (Å²) in [6, 6.07) is -0.713. The predicted molar refractivity (Wildman–Crippen MR) is 95.7 cm³/mol. The molecular weight excluding hydrogens is 310 g/mol. The average Bonchev–Trinajstić information content (AvgIpc) is 2.33. The van der Waals surface area contributed by atoms with Crippen molar-refractivity contribution in [3.8, 4) is 0 Å². The molecule has 2 atom stereocenters. The molecule has 0 heterocycles. The number of rotatable bonds is 7. The van der Waals surface area contributed by atoms with Crippen molar-refractivity contribution >= 4 is 20.2 Å². The first-order valence-corrected chi connectivity index (χ1v) is 11.7. The number of hydrogen-bond acceptors (Lipinski definition) is 4. The molecule has 0 spiro atoms. The Bertz CT molecular complexity index is 410. The summed E-state index contributed by atoms with van der Waals surface area (Å²) in [5, 5.41) is 0. The average molecular weight is 346 g/mol. The summed E-state index contributed by atoms with van der Waals surface area (Å²) in [6.45, 7) is 17.6. The molecule has 0 saturated heterocycles. The SMILES string of the molecule is CC(C)[C@H](C)C(=O)N(C)[C@@H](COC(C)(C)C)C(=O)O[Si](C)(C)C. The Kier molecular flexibility index (Phi) is 7.97. The number of likely N-dealkylation sites (N-methyl/N-ethyl adjacent to an activating group) is 1. The molecule has 0 saturated carbocycles. The van der Waals surface area contributed by atoms with Crippen LogP contribution in [0.2, 0.25) is 19.6 Å². The van der Waals surface area contributed by atoms with Gasteiger partial charge in [-0.25, -0.2) is 0 Å². The van der Waals surface area contributed by atoms with Gasteiger partial charge in [-0.3, -0.25) is 9.59 Å². The number of ether oxygens (including phenoxy) is 1. The largest absolute Gasteiger partial charge is 0.518 e. The van der Waals surface area contributed by atoms with E-state index in [9.17, 15) is 9.59 Å². The van der Waals surface area contributed by atoms with Crippen LogP contribution in [0.1, 0.15) is 41.5 Å². The van der Waals surface area contributed by atoms with Crippen molar-refractivity contribution in [2.75, 3.05) is 13.7 Å². The molecule has 0 radical (unpaired) electrons. The number of amides is 1. The van der Waals surface area contributed by atoms with E-state index in [4.69, 9.17) is 9.16 Å². The molecule has 5 nitrogen and oxygen atoms in total. The lowest BCUT2D eigenvalue weighted by Crippen LogP contribution is -2.51. The Balaban J connectivity index is 5.24. The van der Waals surface area contributed by atoms with Gasteiger partial charge in [0.05, 0.1) is 12.2 Å². The molecule has 0 rings (SSSR count). The van der Waals surface area contributed by atoms with E-state index in [1.54, 1.807) is 7.05 Å². The molecule has 1 amide bonds. The summed E-state index contributed by atoms with van der Waals surface area (Å²) in [5.41, 5.74) is -0.384. The fourth-order valence-corrected chi connectivity index (χ4v) is 2.54. The molecule has 0 aliphatic heterocycles. The van der Waals surface area contributed by atoms with Gasteiger partial charge >= 0.3 is 5.97 Å². The molecule has 0 aromatic carbocycles. The van der Waals surface area contributed by atoms with E-state index < -0.39 is 14.4 Å². The zero-order chi connectivity index (χ0) is 18.6. The van der Waals surface area contributed by atoms with E-state index in [1.807, 2.05) is 61.2 Å². The Morgan fingerprint density at radius 1 is 1.09 bits per heavy atom. The van der Waals surface area contributed by atoms with Crippen LogP contribution >= 0.6 is 0 Å². The summed E-state index contributed by atoms with van der Waals surface area (Å²) in [7, 11) is -0.375. The minimum atomic E-state index is -2.03. The highest BCUT2D eigenvalue weighted by molar-refractivity contribution is 6.71. The third-order valence-electron chi connectivity index (χ3n) is 3.56. The summed E-state index contributed by atoms with van der Waals surface area (Å²) >= 11 is 0. The molecule has 0 aromatic rings. The van der Waals surface area contributed by atoms with Gasteiger partial charge in [0.25, 0.3) is 0 Å². The number of nitrogens with zero attached hydrogens (tertiary/aromatic N) is 1. The van der Waals surface area contributed by atoms with Gasteiger partial charge in [-0.1, -0.05) is 20.8 Å². The van der Waals surface area contributed by atoms with Crippen LogP contribution in [0.5, 0.6) is 0 Å². The van der Waals surface area contributed by atoms with Crippen LogP contribution in [0, 0.1) is 11.8 Å². The molecule has 0 N–H and O–H groups in total. The van der Waals surface area contributed by atoms with Crippen molar-refractivity contribution < 1.29 is 18.8 Å². The Morgan fingerprint density at radius 3 is 1.91 bits per heavy atom. The van der Waals surface area contributed by atoms with Crippen LogP contribution in [0.15, 0.2) is 0 Å². The molecule has 136 valence electrons. The van der Waals surface area contributed by atoms with Gasteiger partial charge < -0.3 is 14.1 Å². The molecule has 0 aliphatic rings. The summed E-state index contributed by atoms with van der Waals surface area (Å²) in [4.78, 5) is 26.6. The number of carbonyl (C=O) groups excluding carboxylic acids is 2. The molecule has 6 heteroatoms. The predicted octanol–water partition coefficient (Wildman–Crippen LogP) is 3.30. The maximum absolute atomic E-state index is 12.6. The highest BCUT2D eigenvalue weighted by atomic mass is 28.4. The van der Waals surface area contributed by atoms with E-state index in [1.165, 1.54) is 4.90 Å². The Hall–Kier alpha value is -0.883. The zero-order valence-corrected chi connectivity index (χ0v) is 17.5.